The Bertz CT molecular complexity index is 394. The maximum absolute atomic E-state index is 12.8. The molecule has 0 aromatic heterocycles. The normalized spacial score (nSPS) is 24.5. The van der Waals surface area contributed by atoms with E-state index in [9.17, 15) is 14.3 Å². The number of aliphatic carboxylic acids is 1. The van der Waals surface area contributed by atoms with E-state index in [0.29, 0.717) is 19.4 Å². The van der Waals surface area contributed by atoms with Gasteiger partial charge < -0.3 is 9.84 Å². The number of rotatable bonds is 3. The maximum atomic E-state index is 12.8. The molecule has 92 valence electrons. The van der Waals surface area contributed by atoms with Gasteiger partial charge in [0.25, 0.3) is 0 Å². The summed E-state index contributed by atoms with van der Waals surface area (Å²) in [5.41, 5.74) is -0.341. The van der Waals surface area contributed by atoms with E-state index in [1.165, 1.54) is 12.1 Å². The minimum atomic E-state index is -1.13. The van der Waals surface area contributed by atoms with Gasteiger partial charge in [-0.2, -0.15) is 0 Å². The van der Waals surface area contributed by atoms with Crippen LogP contribution in [0.5, 0.6) is 0 Å². The highest BCUT2D eigenvalue weighted by Gasteiger charge is 2.41. The topological polar surface area (TPSA) is 46.5 Å². The van der Waals surface area contributed by atoms with E-state index in [4.69, 9.17) is 4.74 Å². The molecule has 1 aromatic rings. The Labute approximate surface area is 99.2 Å². The summed E-state index contributed by atoms with van der Waals surface area (Å²) in [5, 5.41) is 9.31. The zero-order chi connectivity index (χ0) is 12.3. The smallest absolute Gasteiger partial charge is 0.336 e. The molecule has 0 aliphatic carbocycles. The number of carbonyl (C=O) groups is 1. The van der Waals surface area contributed by atoms with Gasteiger partial charge in [-0.15, -0.1) is 0 Å². The van der Waals surface area contributed by atoms with Crippen LogP contribution in [-0.4, -0.2) is 23.3 Å². The lowest BCUT2D eigenvalue weighted by Crippen LogP contribution is -2.46. The molecule has 0 saturated carbocycles. The van der Waals surface area contributed by atoms with Gasteiger partial charge in [-0.3, -0.25) is 0 Å². The lowest BCUT2D eigenvalue weighted by molar-refractivity contribution is -0.172. The number of ether oxygens (including phenoxy) is 1. The summed E-state index contributed by atoms with van der Waals surface area (Å²) in [7, 11) is 0. The number of carboxylic acid groups (broad SMARTS) is 1. The van der Waals surface area contributed by atoms with Crippen molar-refractivity contribution in [3.8, 4) is 0 Å². The van der Waals surface area contributed by atoms with Crippen molar-refractivity contribution in [2.24, 2.45) is 0 Å². The van der Waals surface area contributed by atoms with Crippen LogP contribution in [0.3, 0.4) is 0 Å². The van der Waals surface area contributed by atoms with Crippen LogP contribution >= 0.6 is 0 Å². The predicted molar refractivity (Wildman–Crippen MR) is 60.3 cm³/mol. The van der Waals surface area contributed by atoms with E-state index in [-0.39, 0.29) is 5.82 Å². The summed E-state index contributed by atoms with van der Waals surface area (Å²) < 4.78 is 18.2. The van der Waals surface area contributed by atoms with Crippen molar-refractivity contribution in [1.82, 2.24) is 0 Å². The highest BCUT2D eigenvalue weighted by Crippen LogP contribution is 2.29. The van der Waals surface area contributed by atoms with Gasteiger partial charge in [0.2, 0.25) is 0 Å². The maximum Gasteiger partial charge on any atom is 0.336 e. The summed E-state index contributed by atoms with van der Waals surface area (Å²) >= 11 is 0. The molecule has 0 radical (unpaired) electrons. The Morgan fingerprint density at radius 1 is 1.35 bits per heavy atom. The van der Waals surface area contributed by atoms with Gasteiger partial charge >= 0.3 is 5.97 Å². The minimum Gasteiger partial charge on any atom is -0.479 e. The molecule has 4 heteroatoms. The first kappa shape index (κ1) is 12.0. The quantitative estimate of drug-likeness (QED) is 0.879. The van der Waals surface area contributed by atoms with Crippen LogP contribution in [0.4, 0.5) is 4.39 Å². The minimum absolute atomic E-state index is 0.294. The summed E-state index contributed by atoms with van der Waals surface area (Å²) in [6.07, 6.45) is 2.56. The SMILES string of the molecule is O=C(O)C1(Cc2ccc(F)cc2)CCCCO1. The van der Waals surface area contributed by atoms with Crippen LogP contribution in [-0.2, 0) is 16.0 Å². The second-order valence-corrected chi connectivity index (χ2v) is 4.41. The van der Waals surface area contributed by atoms with Crippen molar-refractivity contribution in [3.63, 3.8) is 0 Å². The monoisotopic (exact) mass is 238 g/mol. The fourth-order valence-electron chi connectivity index (χ4n) is 2.17. The zero-order valence-corrected chi connectivity index (χ0v) is 9.49. The van der Waals surface area contributed by atoms with Crippen molar-refractivity contribution in [2.75, 3.05) is 6.61 Å². The van der Waals surface area contributed by atoms with Gasteiger partial charge in [0.1, 0.15) is 5.82 Å². The molecular formula is C13H15FO3. The third-order valence-electron chi connectivity index (χ3n) is 3.15. The number of benzene rings is 1. The summed E-state index contributed by atoms with van der Waals surface area (Å²) in [5.74, 6) is -1.25. The third-order valence-corrected chi connectivity index (χ3v) is 3.15. The predicted octanol–water partition coefficient (Wildman–Crippen LogP) is 2.39. The van der Waals surface area contributed by atoms with Gasteiger partial charge in [0, 0.05) is 13.0 Å². The van der Waals surface area contributed by atoms with Gasteiger partial charge in [-0.25, -0.2) is 9.18 Å². The van der Waals surface area contributed by atoms with Gasteiger partial charge in [-0.05, 0) is 37.0 Å². The van der Waals surface area contributed by atoms with Crippen molar-refractivity contribution >= 4 is 5.97 Å². The van der Waals surface area contributed by atoms with E-state index in [0.717, 1.165) is 18.4 Å². The molecule has 0 bridgehead atoms. The van der Waals surface area contributed by atoms with Gasteiger partial charge in [-0.1, -0.05) is 12.1 Å². The standard InChI is InChI=1S/C13H15FO3/c14-11-5-3-10(4-6-11)9-13(12(15)16)7-1-2-8-17-13/h3-6H,1-2,7-9H2,(H,15,16). The molecule has 0 spiro atoms. The Morgan fingerprint density at radius 3 is 2.59 bits per heavy atom. The van der Waals surface area contributed by atoms with Crippen LogP contribution < -0.4 is 0 Å². The van der Waals surface area contributed by atoms with Gasteiger partial charge in [0.15, 0.2) is 5.60 Å². The van der Waals surface area contributed by atoms with E-state index in [1.54, 1.807) is 12.1 Å². The molecule has 1 unspecified atom stereocenters. The first-order valence-corrected chi connectivity index (χ1v) is 5.74. The van der Waals surface area contributed by atoms with E-state index in [2.05, 4.69) is 0 Å². The molecule has 1 N–H and O–H groups in total. The molecule has 3 nitrogen and oxygen atoms in total. The van der Waals surface area contributed by atoms with Crippen molar-refractivity contribution in [1.29, 1.82) is 0 Å². The van der Waals surface area contributed by atoms with Crippen molar-refractivity contribution in [2.45, 2.75) is 31.3 Å². The van der Waals surface area contributed by atoms with Crippen LogP contribution in [0.1, 0.15) is 24.8 Å². The van der Waals surface area contributed by atoms with E-state index in [1.807, 2.05) is 0 Å². The molecule has 0 amide bonds. The van der Waals surface area contributed by atoms with E-state index < -0.39 is 11.6 Å². The molecule has 1 saturated heterocycles. The largest absolute Gasteiger partial charge is 0.479 e. The molecule has 1 heterocycles. The summed E-state index contributed by atoms with van der Waals surface area (Å²) in [4.78, 5) is 11.3. The average molecular weight is 238 g/mol. The summed E-state index contributed by atoms with van der Waals surface area (Å²) in [6.45, 7) is 0.480. The average Bonchev–Trinajstić information content (AvgIpc) is 2.33. The van der Waals surface area contributed by atoms with Crippen molar-refractivity contribution in [3.05, 3.63) is 35.6 Å². The first-order chi connectivity index (χ1) is 8.12. The Morgan fingerprint density at radius 2 is 2.06 bits per heavy atom. The number of carboxylic acids is 1. The Kier molecular flexibility index (Phi) is 3.43. The molecule has 17 heavy (non-hydrogen) atoms. The third kappa shape index (κ3) is 2.64. The molecule has 1 fully saturated rings. The number of hydrogen-bond acceptors (Lipinski definition) is 2. The Hall–Kier alpha value is -1.42. The number of hydrogen-bond donors (Lipinski definition) is 1. The molecule has 1 atom stereocenters. The highest BCUT2D eigenvalue weighted by molar-refractivity contribution is 5.78. The van der Waals surface area contributed by atoms with Crippen LogP contribution in [0.25, 0.3) is 0 Å². The Balaban J connectivity index is 2.17. The van der Waals surface area contributed by atoms with Crippen LogP contribution in [0.15, 0.2) is 24.3 Å². The fourth-order valence-corrected chi connectivity index (χ4v) is 2.17. The molecule has 1 aliphatic heterocycles. The van der Waals surface area contributed by atoms with Gasteiger partial charge in [0.05, 0.1) is 0 Å². The molecular weight excluding hydrogens is 223 g/mol. The number of halogens is 1. The van der Waals surface area contributed by atoms with Crippen LogP contribution in [0.2, 0.25) is 0 Å². The van der Waals surface area contributed by atoms with E-state index >= 15 is 0 Å². The fraction of sp³-hybridized carbons (Fsp3) is 0.462. The second kappa shape index (κ2) is 4.84. The lowest BCUT2D eigenvalue weighted by atomic mass is 9.87. The molecule has 1 aliphatic rings. The highest BCUT2D eigenvalue weighted by atomic mass is 19.1. The molecule has 2 rings (SSSR count). The van der Waals surface area contributed by atoms with Crippen LogP contribution in [0, 0.1) is 5.82 Å². The molecule has 1 aromatic carbocycles. The first-order valence-electron chi connectivity index (χ1n) is 5.74. The lowest BCUT2D eigenvalue weighted by Gasteiger charge is -2.33. The van der Waals surface area contributed by atoms with Crippen molar-refractivity contribution < 1.29 is 19.0 Å². The summed E-state index contributed by atoms with van der Waals surface area (Å²) in [6, 6.07) is 5.90. The zero-order valence-electron chi connectivity index (χ0n) is 9.49. The second-order valence-electron chi connectivity index (χ2n) is 4.41.